The van der Waals surface area contributed by atoms with E-state index in [0.717, 1.165) is 18.7 Å². The minimum Gasteiger partial charge on any atom is -0.336 e. The van der Waals surface area contributed by atoms with Gasteiger partial charge in [-0.2, -0.15) is 0 Å². The zero-order chi connectivity index (χ0) is 16.4. The van der Waals surface area contributed by atoms with Gasteiger partial charge in [0, 0.05) is 39.1 Å². The van der Waals surface area contributed by atoms with Gasteiger partial charge in [0.2, 0.25) is 5.91 Å². The predicted molar refractivity (Wildman–Crippen MR) is 86.6 cm³/mol. The van der Waals surface area contributed by atoms with E-state index in [-0.39, 0.29) is 23.0 Å². The van der Waals surface area contributed by atoms with Crippen molar-refractivity contribution < 1.29 is 13.2 Å². The summed E-state index contributed by atoms with van der Waals surface area (Å²) in [4.78, 5) is 18.7. The first-order chi connectivity index (χ1) is 11.0. The molecule has 2 heterocycles. The van der Waals surface area contributed by atoms with Crippen molar-refractivity contribution in [3.8, 4) is 0 Å². The summed E-state index contributed by atoms with van der Waals surface area (Å²) >= 11 is 0. The van der Waals surface area contributed by atoms with Gasteiger partial charge in [-0.05, 0) is 12.8 Å². The summed E-state index contributed by atoms with van der Waals surface area (Å²) in [6.45, 7) is 1.78. The average molecular weight is 340 g/mol. The molecule has 2 aliphatic rings. The van der Waals surface area contributed by atoms with Gasteiger partial charge in [-0.15, -0.1) is 0 Å². The molecule has 1 aromatic rings. The number of aryl methyl sites for hydroxylation is 1. The van der Waals surface area contributed by atoms with E-state index >= 15 is 0 Å². The normalized spacial score (nSPS) is 23.3. The SMILES string of the molecule is Cn1ccnc1C1CNCCN1C(=O)CS(=O)(=O)C1CCCC1. The lowest BCUT2D eigenvalue weighted by Gasteiger charge is -2.35. The summed E-state index contributed by atoms with van der Waals surface area (Å²) in [5, 5.41) is 2.92. The Labute approximate surface area is 137 Å². The molecule has 1 saturated carbocycles. The van der Waals surface area contributed by atoms with Crippen LogP contribution in [0.3, 0.4) is 0 Å². The van der Waals surface area contributed by atoms with Crippen molar-refractivity contribution in [1.29, 1.82) is 0 Å². The van der Waals surface area contributed by atoms with Crippen LogP contribution in [0, 0.1) is 0 Å². The lowest BCUT2D eigenvalue weighted by molar-refractivity contribution is -0.132. The molecule has 8 heteroatoms. The Bertz CT molecular complexity index is 664. The van der Waals surface area contributed by atoms with Gasteiger partial charge in [-0.3, -0.25) is 4.79 Å². The molecule has 1 aliphatic carbocycles. The van der Waals surface area contributed by atoms with Crippen LogP contribution in [0.15, 0.2) is 12.4 Å². The fourth-order valence-electron chi connectivity index (χ4n) is 3.55. The van der Waals surface area contributed by atoms with Crippen LogP contribution in [0.2, 0.25) is 0 Å². The number of piperazine rings is 1. The average Bonchev–Trinajstić information content (AvgIpc) is 3.18. The topological polar surface area (TPSA) is 84.3 Å². The first-order valence-electron chi connectivity index (χ1n) is 8.18. The number of imidazole rings is 1. The van der Waals surface area contributed by atoms with Crippen molar-refractivity contribution in [2.75, 3.05) is 25.4 Å². The first-order valence-corrected chi connectivity index (χ1v) is 9.89. The summed E-state index contributed by atoms with van der Waals surface area (Å²) < 4.78 is 26.8. The number of nitrogens with zero attached hydrogens (tertiary/aromatic N) is 3. The number of carbonyl (C=O) groups is 1. The molecule has 7 nitrogen and oxygen atoms in total. The van der Waals surface area contributed by atoms with E-state index in [1.165, 1.54) is 0 Å². The summed E-state index contributed by atoms with van der Waals surface area (Å²) in [5.74, 6) is 0.105. The highest BCUT2D eigenvalue weighted by molar-refractivity contribution is 7.92. The summed E-state index contributed by atoms with van der Waals surface area (Å²) in [7, 11) is -1.47. The molecule has 1 aliphatic heterocycles. The number of carbonyl (C=O) groups excluding carboxylic acids is 1. The Morgan fingerprint density at radius 3 is 2.78 bits per heavy atom. The van der Waals surface area contributed by atoms with E-state index < -0.39 is 9.84 Å². The van der Waals surface area contributed by atoms with E-state index in [2.05, 4.69) is 10.3 Å². The number of aromatic nitrogens is 2. The Kier molecular flexibility index (Phi) is 4.72. The molecule has 128 valence electrons. The molecule has 1 atom stereocenters. The van der Waals surface area contributed by atoms with Gasteiger partial charge in [0.15, 0.2) is 9.84 Å². The standard InChI is InChI=1S/C15H24N4O3S/c1-18-8-7-17-15(18)13-10-16-6-9-19(13)14(20)11-23(21,22)12-4-2-3-5-12/h7-8,12-13,16H,2-6,9-11H2,1H3. The van der Waals surface area contributed by atoms with Crippen LogP contribution in [-0.2, 0) is 21.7 Å². The molecule has 0 radical (unpaired) electrons. The van der Waals surface area contributed by atoms with Crippen molar-refractivity contribution in [2.24, 2.45) is 7.05 Å². The van der Waals surface area contributed by atoms with Crippen LogP contribution >= 0.6 is 0 Å². The van der Waals surface area contributed by atoms with E-state index in [0.29, 0.717) is 32.5 Å². The molecule has 1 saturated heterocycles. The molecular weight excluding hydrogens is 316 g/mol. The molecule has 1 N–H and O–H groups in total. The Balaban J connectivity index is 1.75. The van der Waals surface area contributed by atoms with Crippen LogP contribution < -0.4 is 5.32 Å². The van der Waals surface area contributed by atoms with E-state index in [1.807, 2.05) is 17.8 Å². The third kappa shape index (κ3) is 3.42. The van der Waals surface area contributed by atoms with Gasteiger partial charge in [0.25, 0.3) is 0 Å². The van der Waals surface area contributed by atoms with Gasteiger partial charge in [0.1, 0.15) is 17.6 Å². The summed E-state index contributed by atoms with van der Waals surface area (Å²) in [6, 6.07) is -0.213. The highest BCUT2D eigenvalue weighted by Crippen LogP contribution is 2.26. The maximum Gasteiger partial charge on any atom is 0.238 e. The number of nitrogens with one attached hydrogen (secondary N) is 1. The molecule has 2 fully saturated rings. The lowest BCUT2D eigenvalue weighted by atomic mass is 10.1. The molecule has 0 bridgehead atoms. The molecule has 1 amide bonds. The summed E-state index contributed by atoms with van der Waals surface area (Å²) in [6.07, 6.45) is 6.81. The van der Waals surface area contributed by atoms with E-state index in [9.17, 15) is 13.2 Å². The number of hydrogen-bond acceptors (Lipinski definition) is 5. The second-order valence-electron chi connectivity index (χ2n) is 6.42. The second-order valence-corrected chi connectivity index (χ2v) is 8.70. The monoisotopic (exact) mass is 340 g/mol. The third-order valence-corrected chi connectivity index (χ3v) is 6.99. The van der Waals surface area contributed by atoms with Gasteiger partial charge < -0.3 is 14.8 Å². The van der Waals surface area contributed by atoms with Crippen LogP contribution in [0.1, 0.15) is 37.5 Å². The zero-order valence-electron chi connectivity index (χ0n) is 13.4. The summed E-state index contributed by atoms with van der Waals surface area (Å²) in [5.41, 5.74) is 0. The van der Waals surface area contributed by atoms with Crippen LogP contribution in [0.4, 0.5) is 0 Å². The van der Waals surface area contributed by atoms with Gasteiger partial charge in [0.05, 0.1) is 5.25 Å². The fraction of sp³-hybridized carbons (Fsp3) is 0.733. The maximum absolute atomic E-state index is 12.7. The Hall–Kier alpha value is -1.41. The molecule has 0 aromatic carbocycles. The van der Waals surface area contributed by atoms with Crippen molar-refractivity contribution in [1.82, 2.24) is 19.8 Å². The van der Waals surface area contributed by atoms with Gasteiger partial charge >= 0.3 is 0 Å². The number of hydrogen-bond donors (Lipinski definition) is 1. The highest BCUT2D eigenvalue weighted by Gasteiger charge is 2.36. The van der Waals surface area contributed by atoms with Crippen molar-refractivity contribution >= 4 is 15.7 Å². The highest BCUT2D eigenvalue weighted by atomic mass is 32.2. The van der Waals surface area contributed by atoms with Crippen molar-refractivity contribution in [3.05, 3.63) is 18.2 Å². The van der Waals surface area contributed by atoms with Crippen molar-refractivity contribution in [2.45, 2.75) is 37.0 Å². The second kappa shape index (κ2) is 6.60. The minimum atomic E-state index is -3.35. The zero-order valence-corrected chi connectivity index (χ0v) is 14.3. The predicted octanol–water partition coefficient (Wildman–Crippen LogP) is 0.250. The quantitative estimate of drug-likeness (QED) is 0.849. The van der Waals surface area contributed by atoms with E-state index in [1.54, 1.807) is 11.1 Å². The Morgan fingerprint density at radius 1 is 1.39 bits per heavy atom. The van der Waals surface area contributed by atoms with Crippen molar-refractivity contribution in [3.63, 3.8) is 0 Å². The fourth-order valence-corrected chi connectivity index (χ4v) is 5.35. The molecule has 0 spiro atoms. The number of rotatable bonds is 4. The molecule has 1 unspecified atom stereocenters. The molecule has 3 rings (SSSR count). The van der Waals surface area contributed by atoms with E-state index in [4.69, 9.17) is 0 Å². The molecule has 23 heavy (non-hydrogen) atoms. The maximum atomic E-state index is 12.7. The van der Waals surface area contributed by atoms with Gasteiger partial charge in [-0.1, -0.05) is 12.8 Å². The number of amides is 1. The molecular formula is C15H24N4O3S. The smallest absolute Gasteiger partial charge is 0.238 e. The van der Waals surface area contributed by atoms with Crippen LogP contribution in [0.25, 0.3) is 0 Å². The van der Waals surface area contributed by atoms with Gasteiger partial charge in [-0.25, -0.2) is 13.4 Å². The number of sulfone groups is 1. The minimum absolute atomic E-state index is 0.213. The lowest BCUT2D eigenvalue weighted by Crippen LogP contribution is -2.51. The largest absolute Gasteiger partial charge is 0.336 e. The Morgan fingerprint density at radius 2 is 2.13 bits per heavy atom. The first kappa shape index (κ1) is 16.4. The molecule has 1 aromatic heterocycles. The third-order valence-electron chi connectivity index (χ3n) is 4.85. The van der Waals surface area contributed by atoms with Crippen LogP contribution in [-0.4, -0.2) is 59.4 Å². The van der Waals surface area contributed by atoms with Crippen LogP contribution in [0.5, 0.6) is 0 Å².